The smallest absolute Gasteiger partial charge is 0.307 e. The molecule has 0 aliphatic rings. The predicted molar refractivity (Wildman–Crippen MR) is 56.6 cm³/mol. The quantitative estimate of drug-likeness (QED) is 0.740. The molecular formula is C8H11ClN4O2. The van der Waals surface area contributed by atoms with E-state index in [-0.39, 0.29) is 23.2 Å². The van der Waals surface area contributed by atoms with Gasteiger partial charge >= 0.3 is 5.97 Å². The van der Waals surface area contributed by atoms with E-state index in [1.807, 2.05) is 0 Å². The lowest BCUT2D eigenvalue weighted by molar-refractivity contribution is -0.140. The average Bonchev–Trinajstić information content (AvgIpc) is 2.24. The minimum Gasteiger partial charge on any atom is -0.469 e. The van der Waals surface area contributed by atoms with E-state index in [9.17, 15) is 4.79 Å². The molecule has 3 N–H and O–H groups in total. The van der Waals surface area contributed by atoms with Crippen LogP contribution in [0, 0.1) is 0 Å². The summed E-state index contributed by atoms with van der Waals surface area (Å²) in [6.45, 7) is 0.378. The summed E-state index contributed by atoms with van der Waals surface area (Å²) in [7, 11) is 1.33. The first kappa shape index (κ1) is 11.5. The van der Waals surface area contributed by atoms with E-state index >= 15 is 0 Å². The van der Waals surface area contributed by atoms with Gasteiger partial charge in [0.15, 0.2) is 0 Å². The van der Waals surface area contributed by atoms with Crippen LogP contribution < -0.4 is 11.1 Å². The normalized spacial score (nSPS) is 9.73. The number of rotatable bonds is 4. The van der Waals surface area contributed by atoms with Crippen molar-refractivity contribution in [1.29, 1.82) is 0 Å². The van der Waals surface area contributed by atoms with E-state index in [0.29, 0.717) is 12.4 Å². The number of carbonyl (C=O) groups is 1. The van der Waals surface area contributed by atoms with Gasteiger partial charge in [-0.1, -0.05) is 11.6 Å². The molecule has 0 saturated carbocycles. The van der Waals surface area contributed by atoms with Gasteiger partial charge in [0.1, 0.15) is 23.0 Å². The number of hydrogen-bond donors (Lipinski definition) is 2. The van der Waals surface area contributed by atoms with Crippen LogP contribution in [0.4, 0.5) is 11.6 Å². The molecule has 0 atom stereocenters. The van der Waals surface area contributed by atoms with Crippen molar-refractivity contribution in [2.45, 2.75) is 6.42 Å². The third-order valence-electron chi connectivity index (χ3n) is 1.67. The maximum Gasteiger partial charge on any atom is 0.307 e. The number of anilines is 2. The SMILES string of the molecule is COC(=O)CCNc1ncnc(N)c1Cl. The highest BCUT2D eigenvalue weighted by Gasteiger charge is 2.06. The lowest BCUT2D eigenvalue weighted by Gasteiger charge is -2.06. The third kappa shape index (κ3) is 3.25. The number of nitrogens with two attached hydrogens (primary N) is 1. The Hall–Kier alpha value is -1.56. The predicted octanol–water partition coefficient (Wildman–Crippen LogP) is 0.687. The zero-order valence-electron chi connectivity index (χ0n) is 8.16. The first-order valence-corrected chi connectivity index (χ1v) is 4.59. The van der Waals surface area contributed by atoms with Crippen LogP contribution in [0.5, 0.6) is 0 Å². The fourth-order valence-electron chi connectivity index (χ4n) is 0.892. The van der Waals surface area contributed by atoms with Gasteiger partial charge in [0.2, 0.25) is 0 Å². The Bertz CT molecular complexity index is 358. The number of nitrogens with zero attached hydrogens (tertiary/aromatic N) is 2. The Morgan fingerprint density at radius 1 is 1.67 bits per heavy atom. The topological polar surface area (TPSA) is 90.1 Å². The number of esters is 1. The zero-order valence-corrected chi connectivity index (χ0v) is 8.91. The molecule has 6 nitrogen and oxygen atoms in total. The summed E-state index contributed by atoms with van der Waals surface area (Å²) in [5, 5.41) is 3.11. The number of nitrogen functional groups attached to an aromatic ring is 1. The highest BCUT2D eigenvalue weighted by Crippen LogP contribution is 2.22. The number of nitrogens with one attached hydrogen (secondary N) is 1. The molecule has 1 heterocycles. The van der Waals surface area contributed by atoms with Crippen molar-refractivity contribution in [3.63, 3.8) is 0 Å². The minimum atomic E-state index is -0.305. The Morgan fingerprint density at radius 3 is 3.07 bits per heavy atom. The second-order valence-electron chi connectivity index (χ2n) is 2.67. The fraction of sp³-hybridized carbons (Fsp3) is 0.375. The lowest BCUT2D eigenvalue weighted by atomic mass is 10.4. The van der Waals surface area contributed by atoms with Gasteiger partial charge in [-0.05, 0) is 0 Å². The summed E-state index contributed by atoms with van der Waals surface area (Å²) >= 11 is 5.81. The Labute approximate surface area is 91.8 Å². The standard InChI is InChI=1S/C8H11ClN4O2/c1-15-5(14)2-3-11-8-6(9)7(10)12-4-13-8/h4H,2-3H2,1H3,(H3,10,11,12,13). The lowest BCUT2D eigenvalue weighted by Crippen LogP contribution is -2.11. The van der Waals surface area contributed by atoms with Crippen molar-refractivity contribution in [3.05, 3.63) is 11.3 Å². The van der Waals surface area contributed by atoms with Crippen LogP contribution in [0.15, 0.2) is 6.33 Å². The number of methoxy groups -OCH3 is 1. The molecular weight excluding hydrogens is 220 g/mol. The number of ether oxygens (including phenoxy) is 1. The summed E-state index contributed by atoms with van der Waals surface area (Å²) < 4.78 is 4.47. The summed E-state index contributed by atoms with van der Waals surface area (Å²) in [6, 6.07) is 0. The van der Waals surface area contributed by atoms with Crippen LogP contribution in [0.1, 0.15) is 6.42 Å². The van der Waals surface area contributed by atoms with Crippen LogP contribution in [0.2, 0.25) is 5.02 Å². The molecule has 1 aromatic rings. The van der Waals surface area contributed by atoms with Crippen LogP contribution in [0.25, 0.3) is 0 Å². The molecule has 0 amide bonds. The largest absolute Gasteiger partial charge is 0.469 e. The van der Waals surface area contributed by atoms with Gasteiger partial charge in [0.05, 0.1) is 13.5 Å². The van der Waals surface area contributed by atoms with Gasteiger partial charge in [-0.15, -0.1) is 0 Å². The Morgan fingerprint density at radius 2 is 2.40 bits per heavy atom. The van der Waals surface area contributed by atoms with E-state index in [2.05, 4.69) is 20.0 Å². The van der Waals surface area contributed by atoms with Crippen molar-refractivity contribution in [2.24, 2.45) is 0 Å². The maximum absolute atomic E-state index is 10.8. The second kappa shape index (κ2) is 5.35. The molecule has 82 valence electrons. The van der Waals surface area contributed by atoms with Gasteiger partial charge in [-0.3, -0.25) is 4.79 Å². The third-order valence-corrected chi connectivity index (χ3v) is 2.04. The number of carbonyl (C=O) groups excluding carboxylic acids is 1. The minimum absolute atomic E-state index is 0.201. The molecule has 1 aromatic heterocycles. The highest BCUT2D eigenvalue weighted by molar-refractivity contribution is 6.35. The molecule has 0 fully saturated rings. The number of aromatic nitrogens is 2. The summed E-state index contributed by atoms with van der Waals surface area (Å²) in [5.74, 6) is 0.306. The van der Waals surface area contributed by atoms with Crippen molar-refractivity contribution >= 4 is 29.2 Å². The molecule has 1 rings (SSSR count). The number of hydrogen-bond acceptors (Lipinski definition) is 6. The molecule has 0 aromatic carbocycles. The number of halogens is 1. The van der Waals surface area contributed by atoms with Gasteiger partial charge in [-0.2, -0.15) is 0 Å². The van der Waals surface area contributed by atoms with Crippen LogP contribution in [-0.4, -0.2) is 29.6 Å². The van der Waals surface area contributed by atoms with Gasteiger partial charge < -0.3 is 15.8 Å². The second-order valence-corrected chi connectivity index (χ2v) is 3.05. The van der Waals surface area contributed by atoms with E-state index < -0.39 is 0 Å². The average molecular weight is 231 g/mol. The molecule has 0 spiro atoms. The molecule has 0 bridgehead atoms. The molecule has 0 aliphatic heterocycles. The first-order valence-electron chi connectivity index (χ1n) is 4.21. The maximum atomic E-state index is 10.8. The van der Waals surface area contributed by atoms with Crippen molar-refractivity contribution in [1.82, 2.24) is 9.97 Å². The molecule has 7 heteroatoms. The van der Waals surface area contributed by atoms with Gasteiger partial charge in [0, 0.05) is 6.54 Å². The molecule has 15 heavy (non-hydrogen) atoms. The molecule has 0 saturated heterocycles. The van der Waals surface area contributed by atoms with Crippen LogP contribution in [-0.2, 0) is 9.53 Å². The zero-order chi connectivity index (χ0) is 11.3. The highest BCUT2D eigenvalue weighted by atomic mass is 35.5. The van der Waals surface area contributed by atoms with E-state index in [1.54, 1.807) is 0 Å². The Kier molecular flexibility index (Phi) is 4.11. The van der Waals surface area contributed by atoms with E-state index in [1.165, 1.54) is 13.4 Å². The molecule has 0 radical (unpaired) electrons. The fourth-order valence-corrected chi connectivity index (χ4v) is 1.06. The van der Waals surface area contributed by atoms with Crippen molar-refractivity contribution < 1.29 is 9.53 Å². The summed E-state index contributed by atoms with van der Waals surface area (Å²) in [6.07, 6.45) is 1.53. The summed E-state index contributed by atoms with van der Waals surface area (Å²) in [4.78, 5) is 18.4. The van der Waals surface area contributed by atoms with E-state index in [4.69, 9.17) is 17.3 Å². The Balaban J connectivity index is 2.51. The summed E-state index contributed by atoms with van der Waals surface area (Å²) in [5.41, 5.74) is 5.46. The molecule has 0 unspecified atom stereocenters. The monoisotopic (exact) mass is 230 g/mol. The first-order chi connectivity index (χ1) is 7.15. The van der Waals surface area contributed by atoms with Crippen LogP contribution >= 0.6 is 11.6 Å². The van der Waals surface area contributed by atoms with Crippen LogP contribution in [0.3, 0.4) is 0 Å². The van der Waals surface area contributed by atoms with Crippen molar-refractivity contribution in [3.8, 4) is 0 Å². The van der Waals surface area contributed by atoms with Crippen molar-refractivity contribution in [2.75, 3.05) is 24.7 Å². The van der Waals surface area contributed by atoms with E-state index in [0.717, 1.165) is 0 Å². The molecule has 0 aliphatic carbocycles. The van der Waals surface area contributed by atoms with Gasteiger partial charge in [-0.25, -0.2) is 9.97 Å². The van der Waals surface area contributed by atoms with Gasteiger partial charge in [0.25, 0.3) is 0 Å².